The van der Waals surface area contributed by atoms with Gasteiger partial charge in [-0.15, -0.1) is 6.58 Å². The molecule has 2 N–H and O–H groups in total. The number of aryl methyl sites for hydroxylation is 1. The molecule has 1 atom stereocenters. The summed E-state index contributed by atoms with van der Waals surface area (Å²) < 4.78 is 2.05. The molecule has 6 nitrogen and oxygen atoms in total. The monoisotopic (exact) mass is 348 g/mol. The number of pyridine rings is 1. The first kappa shape index (κ1) is 16.7. The van der Waals surface area contributed by atoms with Crippen LogP contribution in [0.2, 0.25) is 0 Å². The van der Waals surface area contributed by atoms with Gasteiger partial charge in [-0.3, -0.25) is 4.40 Å². The first-order valence-corrected chi connectivity index (χ1v) is 9.13. The lowest BCUT2D eigenvalue weighted by Gasteiger charge is -2.25. The maximum Gasteiger partial charge on any atom is 0.180 e. The van der Waals surface area contributed by atoms with Crippen LogP contribution >= 0.6 is 0 Å². The molecule has 1 fully saturated rings. The molecule has 0 spiro atoms. The molecule has 3 aromatic rings. The molecule has 0 unspecified atom stereocenters. The zero-order valence-electron chi connectivity index (χ0n) is 15.1. The Labute approximate surface area is 153 Å². The molecule has 0 aliphatic carbocycles. The third-order valence-electron chi connectivity index (χ3n) is 4.79. The third-order valence-corrected chi connectivity index (χ3v) is 4.79. The lowest BCUT2D eigenvalue weighted by atomic mass is 10.1. The van der Waals surface area contributed by atoms with Crippen LogP contribution in [0, 0.1) is 6.92 Å². The molecule has 4 heterocycles. The SMILES string of the molecule is C=CCc1ccc2ncc(-c3ncc(C)c(N[C@@H]4CCCNC4)n3)n2c1. The van der Waals surface area contributed by atoms with Gasteiger partial charge in [0.1, 0.15) is 17.2 Å². The second-order valence-corrected chi connectivity index (χ2v) is 6.81. The van der Waals surface area contributed by atoms with Crippen molar-refractivity contribution in [3.63, 3.8) is 0 Å². The standard InChI is InChI=1S/C20H24N6/c1-3-5-15-7-8-18-22-12-17(26(18)13-15)20-23-10-14(2)19(25-20)24-16-6-4-9-21-11-16/h3,7-8,10,12-13,16,21H,1,4-6,9,11H2,2H3,(H,23,24,25)/t16-/m1/s1. The van der Waals surface area contributed by atoms with E-state index in [1.807, 2.05) is 31.5 Å². The van der Waals surface area contributed by atoms with Gasteiger partial charge >= 0.3 is 0 Å². The van der Waals surface area contributed by atoms with E-state index < -0.39 is 0 Å². The highest BCUT2D eigenvalue weighted by atomic mass is 15.1. The van der Waals surface area contributed by atoms with E-state index in [0.29, 0.717) is 11.9 Å². The molecule has 3 aromatic heterocycles. The van der Waals surface area contributed by atoms with Gasteiger partial charge in [-0.2, -0.15) is 0 Å². The number of allylic oxidation sites excluding steroid dienone is 1. The smallest absolute Gasteiger partial charge is 0.180 e. The molecular formula is C20H24N6. The number of piperidine rings is 1. The predicted molar refractivity (Wildman–Crippen MR) is 104 cm³/mol. The number of hydrogen-bond donors (Lipinski definition) is 2. The number of nitrogens with zero attached hydrogens (tertiary/aromatic N) is 4. The van der Waals surface area contributed by atoms with Crippen LogP contribution in [-0.2, 0) is 6.42 Å². The van der Waals surface area contributed by atoms with E-state index >= 15 is 0 Å². The lowest BCUT2D eigenvalue weighted by molar-refractivity contribution is 0.479. The molecule has 0 amide bonds. The van der Waals surface area contributed by atoms with Crippen LogP contribution in [0.3, 0.4) is 0 Å². The van der Waals surface area contributed by atoms with Gasteiger partial charge in [-0.25, -0.2) is 15.0 Å². The summed E-state index contributed by atoms with van der Waals surface area (Å²) in [6.07, 6.45) is 10.9. The Kier molecular flexibility index (Phi) is 4.67. The van der Waals surface area contributed by atoms with Gasteiger partial charge in [0, 0.05) is 30.5 Å². The van der Waals surface area contributed by atoms with Crippen LogP contribution in [-0.4, -0.2) is 38.5 Å². The minimum atomic E-state index is 0.409. The Hall–Kier alpha value is -2.73. The summed E-state index contributed by atoms with van der Waals surface area (Å²) in [5, 5.41) is 7.01. The average Bonchev–Trinajstić information content (AvgIpc) is 3.08. The summed E-state index contributed by atoms with van der Waals surface area (Å²) in [6, 6.07) is 4.50. The van der Waals surface area contributed by atoms with E-state index in [0.717, 1.165) is 48.7 Å². The van der Waals surface area contributed by atoms with Crippen LogP contribution in [0.25, 0.3) is 17.2 Å². The molecular weight excluding hydrogens is 324 g/mol. The number of anilines is 1. The van der Waals surface area contributed by atoms with Crippen molar-refractivity contribution in [3.05, 3.63) is 54.5 Å². The maximum absolute atomic E-state index is 4.80. The van der Waals surface area contributed by atoms with Gasteiger partial charge in [-0.1, -0.05) is 12.1 Å². The third kappa shape index (κ3) is 3.32. The highest BCUT2D eigenvalue weighted by Crippen LogP contribution is 2.22. The Morgan fingerprint density at radius 1 is 1.35 bits per heavy atom. The van der Waals surface area contributed by atoms with Crippen molar-refractivity contribution < 1.29 is 0 Å². The predicted octanol–water partition coefficient (Wildman–Crippen LogP) is 2.99. The largest absolute Gasteiger partial charge is 0.366 e. The number of hydrogen-bond acceptors (Lipinski definition) is 5. The van der Waals surface area contributed by atoms with Crippen molar-refractivity contribution in [2.24, 2.45) is 0 Å². The van der Waals surface area contributed by atoms with E-state index in [1.165, 1.54) is 12.0 Å². The van der Waals surface area contributed by atoms with Crippen LogP contribution in [0.4, 0.5) is 5.82 Å². The summed E-state index contributed by atoms with van der Waals surface area (Å²) in [5.41, 5.74) is 4.03. The molecule has 1 saturated heterocycles. The summed E-state index contributed by atoms with van der Waals surface area (Å²) in [6.45, 7) is 7.93. The van der Waals surface area contributed by atoms with Gasteiger partial charge < -0.3 is 10.6 Å². The van der Waals surface area contributed by atoms with Gasteiger partial charge in [-0.05, 0) is 44.4 Å². The van der Waals surface area contributed by atoms with Crippen LogP contribution < -0.4 is 10.6 Å². The second kappa shape index (κ2) is 7.25. The van der Waals surface area contributed by atoms with E-state index in [4.69, 9.17) is 4.98 Å². The molecule has 0 saturated carbocycles. The Morgan fingerprint density at radius 2 is 2.27 bits per heavy atom. The fourth-order valence-corrected chi connectivity index (χ4v) is 3.36. The van der Waals surface area contributed by atoms with E-state index in [2.05, 4.69) is 43.8 Å². The number of nitrogens with one attached hydrogen (secondary N) is 2. The fourth-order valence-electron chi connectivity index (χ4n) is 3.36. The van der Waals surface area contributed by atoms with E-state index in [9.17, 15) is 0 Å². The van der Waals surface area contributed by atoms with Crippen LogP contribution in [0.5, 0.6) is 0 Å². The van der Waals surface area contributed by atoms with E-state index in [1.54, 1.807) is 0 Å². The van der Waals surface area contributed by atoms with Crippen LogP contribution in [0.15, 0.2) is 43.4 Å². The highest BCUT2D eigenvalue weighted by Gasteiger charge is 2.16. The van der Waals surface area contributed by atoms with Crippen molar-refractivity contribution in [2.75, 3.05) is 18.4 Å². The van der Waals surface area contributed by atoms with Crippen molar-refractivity contribution in [2.45, 2.75) is 32.2 Å². The first-order valence-electron chi connectivity index (χ1n) is 9.13. The number of aromatic nitrogens is 4. The Balaban J connectivity index is 1.69. The zero-order valence-corrected chi connectivity index (χ0v) is 15.1. The second-order valence-electron chi connectivity index (χ2n) is 6.81. The lowest BCUT2D eigenvalue weighted by Crippen LogP contribution is -2.38. The molecule has 4 rings (SSSR count). The molecule has 0 bridgehead atoms. The van der Waals surface area contributed by atoms with Crippen molar-refractivity contribution in [3.8, 4) is 11.5 Å². The minimum Gasteiger partial charge on any atom is -0.366 e. The molecule has 0 aromatic carbocycles. The van der Waals surface area contributed by atoms with Gasteiger partial charge in [0.15, 0.2) is 5.82 Å². The van der Waals surface area contributed by atoms with Crippen molar-refractivity contribution in [1.29, 1.82) is 0 Å². The van der Waals surface area contributed by atoms with Crippen molar-refractivity contribution in [1.82, 2.24) is 24.7 Å². The molecule has 134 valence electrons. The number of fused-ring (bicyclic) bond motifs is 1. The summed E-state index contributed by atoms with van der Waals surface area (Å²) in [5.74, 6) is 1.59. The molecule has 6 heteroatoms. The van der Waals surface area contributed by atoms with Gasteiger partial charge in [0.25, 0.3) is 0 Å². The number of rotatable bonds is 5. The highest BCUT2D eigenvalue weighted by molar-refractivity contribution is 5.60. The quantitative estimate of drug-likeness (QED) is 0.694. The van der Waals surface area contributed by atoms with Gasteiger partial charge in [0.05, 0.1) is 6.20 Å². The minimum absolute atomic E-state index is 0.409. The van der Waals surface area contributed by atoms with Crippen LogP contribution in [0.1, 0.15) is 24.0 Å². The normalized spacial score (nSPS) is 17.3. The molecule has 26 heavy (non-hydrogen) atoms. The topological polar surface area (TPSA) is 67.1 Å². The summed E-state index contributed by atoms with van der Waals surface area (Å²) in [7, 11) is 0. The Bertz CT molecular complexity index is 923. The fraction of sp³-hybridized carbons (Fsp3) is 0.350. The summed E-state index contributed by atoms with van der Waals surface area (Å²) in [4.78, 5) is 13.8. The maximum atomic E-state index is 4.80. The van der Waals surface area contributed by atoms with E-state index in [-0.39, 0.29) is 0 Å². The zero-order chi connectivity index (χ0) is 17.9. The van der Waals surface area contributed by atoms with Gasteiger partial charge in [0.2, 0.25) is 0 Å². The first-order chi connectivity index (χ1) is 12.7. The number of imidazole rings is 1. The summed E-state index contributed by atoms with van der Waals surface area (Å²) >= 11 is 0. The van der Waals surface area contributed by atoms with Crippen molar-refractivity contribution >= 4 is 11.5 Å². The average molecular weight is 348 g/mol. The molecule has 1 aliphatic rings. The molecule has 1 aliphatic heterocycles. The Morgan fingerprint density at radius 3 is 3.08 bits per heavy atom. The molecule has 0 radical (unpaired) electrons.